The number of esters is 1. The Balaban J connectivity index is 2.87. The van der Waals surface area contributed by atoms with E-state index in [0.29, 0.717) is 24.8 Å². The second-order valence-electron chi connectivity index (χ2n) is 5.84. The van der Waals surface area contributed by atoms with Gasteiger partial charge in [0.1, 0.15) is 12.1 Å². The first-order valence-corrected chi connectivity index (χ1v) is 9.82. The van der Waals surface area contributed by atoms with Gasteiger partial charge in [0.25, 0.3) is 0 Å². The number of hydrogen-bond donors (Lipinski definition) is 3. The van der Waals surface area contributed by atoms with E-state index in [1.54, 1.807) is 6.92 Å². The summed E-state index contributed by atoms with van der Waals surface area (Å²) in [6.45, 7) is 2.73. The van der Waals surface area contributed by atoms with Gasteiger partial charge in [0, 0.05) is 37.0 Å². The van der Waals surface area contributed by atoms with Gasteiger partial charge < -0.3 is 25.8 Å². The fraction of sp³-hybridized carbons (Fsp3) is 0.556. The first-order chi connectivity index (χ1) is 13.0. The van der Waals surface area contributed by atoms with E-state index >= 15 is 0 Å². The van der Waals surface area contributed by atoms with Crippen LogP contribution in [0.15, 0.2) is 24.3 Å². The van der Waals surface area contributed by atoms with E-state index in [1.807, 2.05) is 24.3 Å². The van der Waals surface area contributed by atoms with Crippen LogP contribution in [0.1, 0.15) is 12.5 Å². The van der Waals surface area contributed by atoms with Crippen molar-refractivity contribution in [2.24, 2.45) is 5.73 Å². The molecule has 9 heteroatoms. The van der Waals surface area contributed by atoms with Crippen LogP contribution in [-0.4, -0.2) is 67.1 Å². The smallest absolute Gasteiger partial charge is 0.328 e. The maximum atomic E-state index is 12.2. The van der Waals surface area contributed by atoms with E-state index in [1.165, 1.54) is 0 Å². The number of amides is 1. The van der Waals surface area contributed by atoms with Gasteiger partial charge in [0.2, 0.25) is 5.91 Å². The average molecular weight is 420 g/mol. The van der Waals surface area contributed by atoms with Crippen LogP contribution >= 0.6 is 23.2 Å². The van der Waals surface area contributed by atoms with Crippen LogP contribution < -0.4 is 16.0 Å². The van der Waals surface area contributed by atoms with Crippen LogP contribution in [-0.2, 0) is 20.7 Å². The first kappa shape index (κ1) is 23.5. The Morgan fingerprint density at radius 2 is 1.81 bits per heavy atom. The van der Waals surface area contributed by atoms with Gasteiger partial charge >= 0.3 is 5.97 Å². The molecule has 0 radical (unpaired) electrons. The summed E-state index contributed by atoms with van der Waals surface area (Å²) < 4.78 is 5.02. The molecule has 0 bridgehead atoms. The molecule has 0 saturated heterocycles. The van der Waals surface area contributed by atoms with Crippen molar-refractivity contribution in [1.29, 1.82) is 0 Å². The van der Waals surface area contributed by atoms with Crippen molar-refractivity contribution in [2.45, 2.75) is 25.4 Å². The Bertz CT molecular complexity index is 580. The number of rotatable bonds is 12. The van der Waals surface area contributed by atoms with Gasteiger partial charge in [0.15, 0.2) is 0 Å². The second-order valence-corrected chi connectivity index (χ2v) is 6.59. The van der Waals surface area contributed by atoms with Gasteiger partial charge in [0.05, 0.1) is 13.2 Å². The minimum absolute atomic E-state index is 0.196. The zero-order valence-corrected chi connectivity index (χ0v) is 16.9. The lowest BCUT2D eigenvalue weighted by Crippen LogP contribution is -2.51. The monoisotopic (exact) mass is 419 g/mol. The predicted octanol–water partition coefficient (Wildman–Crippen LogP) is 0.881. The summed E-state index contributed by atoms with van der Waals surface area (Å²) in [5.41, 5.74) is 7.31. The largest absolute Gasteiger partial charge is 0.464 e. The topological polar surface area (TPSA) is 105 Å². The molecular formula is C18H27Cl2N3O4. The number of benzene rings is 1. The molecule has 152 valence electrons. The number of hydrogen-bond acceptors (Lipinski definition) is 6. The molecule has 7 nitrogen and oxygen atoms in total. The Hall–Kier alpha value is -1.54. The Labute approximate surface area is 169 Å². The molecule has 1 aromatic rings. The van der Waals surface area contributed by atoms with Crippen molar-refractivity contribution < 1.29 is 19.4 Å². The molecule has 0 aliphatic heterocycles. The van der Waals surface area contributed by atoms with Crippen molar-refractivity contribution in [3.05, 3.63) is 29.8 Å². The number of nitrogens with one attached hydrogen (secondary N) is 1. The van der Waals surface area contributed by atoms with Crippen LogP contribution in [0.5, 0.6) is 0 Å². The lowest BCUT2D eigenvalue weighted by Gasteiger charge is -2.23. The van der Waals surface area contributed by atoms with E-state index in [-0.39, 0.29) is 13.0 Å². The lowest BCUT2D eigenvalue weighted by molar-refractivity contribution is -0.147. The number of aliphatic hydroxyl groups excluding tert-OH is 1. The molecule has 1 aromatic carbocycles. The third-order valence-corrected chi connectivity index (χ3v) is 4.21. The van der Waals surface area contributed by atoms with Crippen molar-refractivity contribution in [3.8, 4) is 0 Å². The third-order valence-electron chi connectivity index (χ3n) is 3.87. The number of carbonyl (C=O) groups excluding carboxylic acids is 2. The van der Waals surface area contributed by atoms with Gasteiger partial charge in [-0.05, 0) is 24.6 Å². The van der Waals surface area contributed by atoms with Gasteiger partial charge in [-0.15, -0.1) is 23.2 Å². The van der Waals surface area contributed by atoms with E-state index in [9.17, 15) is 9.59 Å². The molecule has 0 fully saturated rings. The number of ether oxygens (including phenoxy) is 1. The summed E-state index contributed by atoms with van der Waals surface area (Å²) in [6.07, 6.45) is 0.244. The third kappa shape index (κ3) is 7.92. The molecule has 1 rings (SSSR count). The van der Waals surface area contributed by atoms with Crippen LogP contribution in [0.4, 0.5) is 5.69 Å². The van der Waals surface area contributed by atoms with Crippen LogP contribution in [0, 0.1) is 0 Å². The summed E-state index contributed by atoms with van der Waals surface area (Å²) >= 11 is 11.7. The maximum Gasteiger partial charge on any atom is 0.328 e. The fourth-order valence-electron chi connectivity index (χ4n) is 2.45. The van der Waals surface area contributed by atoms with Crippen LogP contribution in [0.3, 0.4) is 0 Å². The van der Waals surface area contributed by atoms with E-state index in [4.69, 9.17) is 38.8 Å². The highest BCUT2D eigenvalue weighted by atomic mass is 35.5. The number of alkyl halides is 2. The number of nitrogens with two attached hydrogens (primary N) is 1. The molecule has 27 heavy (non-hydrogen) atoms. The van der Waals surface area contributed by atoms with E-state index in [0.717, 1.165) is 11.3 Å². The van der Waals surface area contributed by atoms with Crippen molar-refractivity contribution in [3.63, 3.8) is 0 Å². The molecule has 0 saturated carbocycles. The summed E-state index contributed by atoms with van der Waals surface area (Å²) in [7, 11) is 0. The van der Waals surface area contributed by atoms with Crippen molar-refractivity contribution in [1.82, 2.24) is 5.32 Å². The predicted molar refractivity (Wildman–Crippen MR) is 107 cm³/mol. The number of anilines is 1. The molecule has 0 spiro atoms. The van der Waals surface area contributed by atoms with Crippen molar-refractivity contribution >= 4 is 40.8 Å². The zero-order valence-electron chi connectivity index (χ0n) is 15.4. The molecule has 0 aromatic heterocycles. The standard InChI is InChI=1S/C18H27Cl2N3O4/c1-2-27-18(26)16(22-17(25)15(21)12-24)11-13-3-5-14(6-4-13)23(9-7-19)10-8-20/h3-6,15-16,24H,2,7-12,21H2,1H3,(H,22,25). The van der Waals surface area contributed by atoms with Gasteiger partial charge in [-0.3, -0.25) is 4.79 Å². The highest BCUT2D eigenvalue weighted by molar-refractivity contribution is 6.18. The van der Waals surface area contributed by atoms with Crippen molar-refractivity contribution in [2.75, 3.05) is 43.0 Å². The van der Waals surface area contributed by atoms with Gasteiger partial charge in [-0.1, -0.05) is 12.1 Å². The quantitative estimate of drug-likeness (QED) is 0.343. The Morgan fingerprint density at radius 1 is 1.22 bits per heavy atom. The first-order valence-electron chi connectivity index (χ1n) is 8.76. The molecule has 0 aliphatic rings. The number of halogens is 2. The molecule has 1 amide bonds. The van der Waals surface area contributed by atoms with Gasteiger partial charge in [-0.2, -0.15) is 0 Å². The molecule has 0 aliphatic carbocycles. The lowest BCUT2D eigenvalue weighted by atomic mass is 10.0. The highest BCUT2D eigenvalue weighted by Gasteiger charge is 2.25. The summed E-state index contributed by atoms with van der Waals surface area (Å²) in [5.74, 6) is -0.185. The average Bonchev–Trinajstić information content (AvgIpc) is 2.67. The summed E-state index contributed by atoms with van der Waals surface area (Å²) in [4.78, 5) is 26.2. The SMILES string of the molecule is CCOC(=O)C(Cc1ccc(N(CCCl)CCCl)cc1)NC(=O)C(N)CO. The number of nitrogens with zero attached hydrogens (tertiary/aromatic N) is 1. The van der Waals surface area contributed by atoms with E-state index < -0.39 is 30.6 Å². The zero-order chi connectivity index (χ0) is 20.2. The summed E-state index contributed by atoms with van der Waals surface area (Å²) in [6, 6.07) is 5.59. The second kappa shape index (κ2) is 12.8. The van der Waals surface area contributed by atoms with Crippen LogP contribution in [0.25, 0.3) is 0 Å². The molecule has 2 atom stereocenters. The van der Waals surface area contributed by atoms with E-state index in [2.05, 4.69) is 10.2 Å². The van der Waals surface area contributed by atoms with Crippen LogP contribution in [0.2, 0.25) is 0 Å². The molecule has 0 heterocycles. The van der Waals surface area contributed by atoms with Gasteiger partial charge in [-0.25, -0.2) is 4.79 Å². The molecule has 4 N–H and O–H groups in total. The minimum atomic E-state index is -1.09. The summed E-state index contributed by atoms with van der Waals surface area (Å²) in [5, 5.41) is 11.5. The number of aliphatic hydroxyl groups is 1. The molecule has 2 unspecified atom stereocenters. The Morgan fingerprint density at radius 3 is 2.30 bits per heavy atom. The number of carbonyl (C=O) groups is 2. The fourth-order valence-corrected chi connectivity index (χ4v) is 2.86. The normalized spacial score (nSPS) is 12.9. The molecular weight excluding hydrogens is 393 g/mol. The minimum Gasteiger partial charge on any atom is -0.464 e. The highest BCUT2D eigenvalue weighted by Crippen LogP contribution is 2.17. The maximum absolute atomic E-state index is 12.2. The Kier molecular flexibility index (Phi) is 11.1.